The molecule has 0 fully saturated rings. The van der Waals surface area contributed by atoms with E-state index in [0.717, 1.165) is 0 Å². The Morgan fingerprint density at radius 2 is 1.89 bits per heavy atom. The molecule has 8 heteroatoms. The van der Waals surface area contributed by atoms with Crippen molar-refractivity contribution in [3.63, 3.8) is 0 Å². The molecule has 1 rings (SSSR count). The van der Waals surface area contributed by atoms with Crippen molar-refractivity contribution >= 4 is 21.4 Å². The number of anilines is 2. The van der Waals surface area contributed by atoms with Gasteiger partial charge in [0.1, 0.15) is 18.0 Å². The van der Waals surface area contributed by atoms with Gasteiger partial charge in [-0.1, -0.05) is 0 Å². The maximum atomic E-state index is 11.6. The molecule has 0 aliphatic rings. The van der Waals surface area contributed by atoms with Gasteiger partial charge in [0.15, 0.2) is 0 Å². The number of hydrogen-bond donors (Lipinski definition) is 2. The molecule has 1 aromatic carbocycles. The van der Waals surface area contributed by atoms with Crippen LogP contribution in [0.25, 0.3) is 0 Å². The van der Waals surface area contributed by atoms with Gasteiger partial charge in [0, 0.05) is 5.69 Å². The summed E-state index contributed by atoms with van der Waals surface area (Å²) in [5.41, 5.74) is 6.29. The minimum Gasteiger partial charge on any atom is -0.398 e. The first-order valence-corrected chi connectivity index (χ1v) is 6.76. The fraction of sp³-hybridized carbons (Fsp3) is 0.273. The number of nitrogen functional groups attached to an aromatic ring is 1. The Hall–Kier alpha value is -2.29. The van der Waals surface area contributed by atoms with Crippen LogP contribution in [0, 0.1) is 22.7 Å². The van der Waals surface area contributed by atoms with E-state index in [1.807, 2.05) is 12.1 Å². The van der Waals surface area contributed by atoms with E-state index in [2.05, 4.69) is 4.72 Å². The Balaban J connectivity index is 3.20. The molecule has 3 N–H and O–H groups in total. The normalized spacial score (nSPS) is 10.5. The summed E-state index contributed by atoms with van der Waals surface area (Å²) in [6.07, 6.45) is 0. The van der Waals surface area contributed by atoms with Crippen molar-refractivity contribution in [3.8, 4) is 12.1 Å². The molecule has 0 aliphatic carbocycles. The second-order valence-corrected chi connectivity index (χ2v) is 5.46. The first kappa shape index (κ1) is 14.8. The van der Waals surface area contributed by atoms with Crippen LogP contribution >= 0.6 is 0 Å². The van der Waals surface area contributed by atoms with Crippen molar-refractivity contribution in [2.24, 2.45) is 0 Å². The maximum absolute atomic E-state index is 11.6. The van der Waals surface area contributed by atoms with E-state index in [0.29, 0.717) is 5.69 Å². The Morgan fingerprint density at radius 3 is 2.32 bits per heavy atom. The van der Waals surface area contributed by atoms with Crippen LogP contribution in [0.4, 0.5) is 11.4 Å². The van der Waals surface area contributed by atoms with E-state index in [4.69, 9.17) is 16.3 Å². The van der Waals surface area contributed by atoms with Gasteiger partial charge < -0.3 is 10.6 Å². The van der Waals surface area contributed by atoms with Gasteiger partial charge in [-0.15, -0.1) is 0 Å². The van der Waals surface area contributed by atoms with E-state index < -0.39 is 10.0 Å². The molecule has 0 saturated heterocycles. The molecule has 7 nitrogen and oxygen atoms in total. The zero-order valence-electron chi connectivity index (χ0n) is 10.3. The molecule has 0 saturated carbocycles. The Labute approximate surface area is 111 Å². The highest BCUT2D eigenvalue weighted by Crippen LogP contribution is 2.24. The number of hydrogen-bond acceptors (Lipinski definition) is 6. The van der Waals surface area contributed by atoms with E-state index in [1.165, 1.54) is 30.1 Å². The molecule has 19 heavy (non-hydrogen) atoms. The van der Waals surface area contributed by atoms with Gasteiger partial charge in [-0.2, -0.15) is 10.5 Å². The third kappa shape index (κ3) is 3.35. The van der Waals surface area contributed by atoms with Crippen LogP contribution in [-0.4, -0.2) is 28.6 Å². The van der Waals surface area contributed by atoms with E-state index in [1.54, 1.807) is 0 Å². The largest absolute Gasteiger partial charge is 0.398 e. The minimum atomic E-state index is -3.62. The molecule has 0 heterocycles. The molecule has 0 unspecified atom stereocenters. The van der Waals surface area contributed by atoms with Gasteiger partial charge >= 0.3 is 0 Å². The first-order chi connectivity index (χ1) is 8.96. The molecular formula is C11H13N5O2S. The van der Waals surface area contributed by atoms with Crippen LogP contribution < -0.4 is 15.4 Å². The first-order valence-electron chi connectivity index (χ1n) is 5.28. The van der Waals surface area contributed by atoms with Crippen LogP contribution in [0.5, 0.6) is 0 Å². The number of nitrogens with two attached hydrogens (primary N) is 1. The average molecular weight is 279 g/mol. The van der Waals surface area contributed by atoms with Crippen molar-refractivity contribution in [3.05, 3.63) is 18.2 Å². The predicted octanol–water partition coefficient (Wildman–Crippen LogP) is 0.0305. The number of nitriles is 2. The topological polar surface area (TPSA) is 123 Å². The van der Waals surface area contributed by atoms with Crippen molar-refractivity contribution in [2.45, 2.75) is 4.90 Å². The molecule has 0 atom stereocenters. The van der Waals surface area contributed by atoms with Crippen LogP contribution in [-0.2, 0) is 10.0 Å². The number of nitrogens with one attached hydrogen (secondary N) is 1. The van der Waals surface area contributed by atoms with Gasteiger partial charge in [-0.05, 0) is 25.2 Å². The second-order valence-electron chi connectivity index (χ2n) is 3.60. The molecule has 0 bridgehead atoms. The second kappa shape index (κ2) is 6.05. The quantitative estimate of drug-likeness (QED) is 0.579. The van der Waals surface area contributed by atoms with E-state index in [9.17, 15) is 8.42 Å². The van der Waals surface area contributed by atoms with Gasteiger partial charge in [0.2, 0.25) is 10.0 Å². The van der Waals surface area contributed by atoms with Crippen LogP contribution in [0.3, 0.4) is 0 Å². The monoisotopic (exact) mass is 279 g/mol. The summed E-state index contributed by atoms with van der Waals surface area (Å²) in [5.74, 6) is 0. The van der Waals surface area contributed by atoms with Crippen molar-refractivity contribution < 1.29 is 8.42 Å². The molecule has 100 valence electrons. The van der Waals surface area contributed by atoms with Gasteiger partial charge in [-0.25, -0.2) is 13.1 Å². The SMILES string of the molecule is CNS(=O)(=O)c1ccc(N(CC#N)CC#N)cc1N. The summed E-state index contributed by atoms with van der Waals surface area (Å²) in [6.45, 7) is 0.0379. The fourth-order valence-electron chi connectivity index (χ4n) is 1.50. The van der Waals surface area contributed by atoms with Crippen molar-refractivity contribution in [1.29, 1.82) is 10.5 Å². The zero-order chi connectivity index (χ0) is 14.5. The number of rotatable bonds is 5. The lowest BCUT2D eigenvalue weighted by atomic mass is 10.2. The minimum absolute atomic E-state index is 0.0190. The summed E-state index contributed by atoms with van der Waals surface area (Å²) in [5, 5.41) is 17.4. The molecule has 0 amide bonds. The molecule has 0 spiro atoms. The number of sulfonamides is 1. The van der Waals surface area contributed by atoms with Gasteiger partial charge in [-0.3, -0.25) is 0 Å². The van der Waals surface area contributed by atoms with Crippen molar-refractivity contribution in [1.82, 2.24) is 4.72 Å². The maximum Gasteiger partial charge on any atom is 0.242 e. The molecule has 1 aromatic rings. The van der Waals surface area contributed by atoms with Crippen LogP contribution in [0.2, 0.25) is 0 Å². The van der Waals surface area contributed by atoms with Gasteiger partial charge in [0.25, 0.3) is 0 Å². The molecule has 0 aliphatic heterocycles. The van der Waals surface area contributed by atoms with E-state index >= 15 is 0 Å². The lowest BCUT2D eigenvalue weighted by Crippen LogP contribution is -2.24. The molecular weight excluding hydrogens is 266 g/mol. The highest BCUT2D eigenvalue weighted by molar-refractivity contribution is 7.89. The fourth-order valence-corrected chi connectivity index (χ4v) is 2.33. The van der Waals surface area contributed by atoms with Gasteiger partial charge in [0.05, 0.1) is 17.8 Å². The Kier molecular flexibility index (Phi) is 4.70. The zero-order valence-corrected chi connectivity index (χ0v) is 11.1. The number of nitrogens with zero attached hydrogens (tertiary/aromatic N) is 3. The standard InChI is InChI=1S/C11H13N5O2S/c1-15-19(17,18)11-3-2-9(8-10(11)14)16(6-4-12)7-5-13/h2-3,8,15H,6-7,14H2,1H3. The molecule has 0 aromatic heterocycles. The molecule has 0 radical (unpaired) electrons. The summed E-state index contributed by atoms with van der Waals surface area (Å²) >= 11 is 0. The highest BCUT2D eigenvalue weighted by Gasteiger charge is 2.16. The predicted molar refractivity (Wildman–Crippen MR) is 70.5 cm³/mol. The smallest absolute Gasteiger partial charge is 0.242 e. The van der Waals surface area contributed by atoms with Crippen molar-refractivity contribution in [2.75, 3.05) is 30.8 Å². The third-order valence-electron chi connectivity index (χ3n) is 2.44. The highest BCUT2D eigenvalue weighted by atomic mass is 32.2. The lowest BCUT2D eigenvalue weighted by molar-refractivity contribution is 0.588. The summed E-state index contributed by atoms with van der Waals surface area (Å²) in [7, 11) is -2.33. The third-order valence-corrected chi connectivity index (χ3v) is 3.93. The summed E-state index contributed by atoms with van der Waals surface area (Å²) in [6, 6.07) is 8.14. The lowest BCUT2D eigenvalue weighted by Gasteiger charge is -2.19. The average Bonchev–Trinajstić information content (AvgIpc) is 2.38. The Morgan fingerprint density at radius 1 is 1.32 bits per heavy atom. The Bertz CT molecular complexity index is 626. The van der Waals surface area contributed by atoms with Crippen LogP contribution in [0.1, 0.15) is 0 Å². The number of benzene rings is 1. The van der Waals surface area contributed by atoms with E-state index in [-0.39, 0.29) is 23.7 Å². The summed E-state index contributed by atoms with van der Waals surface area (Å²) < 4.78 is 25.5. The summed E-state index contributed by atoms with van der Waals surface area (Å²) in [4.78, 5) is 1.46. The van der Waals surface area contributed by atoms with Crippen LogP contribution in [0.15, 0.2) is 23.1 Å².